The molecule has 1 aliphatic heterocycles. The number of fused-ring (bicyclic) bond motifs is 1. The lowest BCUT2D eigenvalue weighted by Gasteiger charge is -2.23. The second kappa shape index (κ2) is 4.12. The maximum absolute atomic E-state index is 11.6. The predicted molar refractivity (Wildman–Crippen MR) is 68.9 cm³/mol. The maximum atomic E-state index is 11.6. The van der Waals surface area contributed by atoms with Crippen LogP contribution in [0.4, 0.5) is 5.82 Å². The minimum Gasteiger partial charge on any atom is -0.481 e. The first-order valence-corrected chi connectivity index (χ1v) is 6.59. The Morgan fingerprint density at radius 1 is 1.56 bits per heavy atom. The molecule has 96 valence electrons. The van der Waals surface area contributed by atoms with Crippen LogP contribution in [-0.4, -0.2) is 29.1 Å². The number of pyridine rings is 1. The van der Waals surface area contributed by atoms with E-state index < -0.39 is 11.4 Å². The van der Waals surface area contributed by atoms with Gasteiger partial charge in [-0.1, -0.05) is 18.0 Å². The lowest BCUT2D eigenvalue weighted by Crippen LogP contribution is -2.35. The minimum atomic E-state index is -0.651. The molecule has 2 aliphatic rings. The van der Waals surface area contributed by atoms with Crippen LogP contribution in [0.3, 0.4) is 0 Å². The summed E-state index contributed by atoms with van der Waals surface area (Å²) in [5.74, 6) is 0.434. The number of nitrogens with zero attached hydrogens (tertiary/aromatic N) is 2. The Labute approximate surface area is 111 Å². The fourth-order valence-electron chi connectivity index (χ4n) is 3.37. The third kappa shape index (κ3) is 1.67. The summed E-state index contributed by atoms with van der Waals surface area (Å²) >= 11 is 5.82. The van der Waals surface area contributed by atoms with Gasteiger partial charge in [0.05, 0.1) is 10.4 Å². The summed E-state index contributed by atoms with van der Waals surface area (Å²) in [4.78, 5) is 17.9. The molecule has 1 saturated carbocycles. The topological polar surface area (TPSA) is 53.4 Å². The highest BCUT2D eigenvalue weighted by atomic mass is 35.5. The Morgan fingerprint density at radius 2 is 2.39 bits per heavy atom. The average molecular weight is 267 g/mol. The lowest BCUT2D eigenvalue weighted by molar-refractivity contribution is -0.149. The highest BCUT2D eigenvalue weighted by Crippen LogP contribution is 2.49. The molecular weight excluding hydrogens is 252 g/mol. The number of aromatic nitrogens is 1. The molecular formula is C13H15ClN2O2. The molecule has 1 aliphatic carbocycles. The van der Waals surface area contributed by atoms with E-state index in [1.807, 2.05) is 6.07 Å². The second-order valence-electron chi connectivity index (χ2n) is 5.27. The van der Waals surface area contributed by atoms with Crippen LogP contribution < -0.4 is 4.90 Å². The summed E-state index contributed by atoms with van der Waals surface area (Å²) in [6.07, 6.45) is 4.44. The molecule has 2 atom stereocenters. The van der Waals surface area contributed by atoms with Gasteiger partial charge in [-0.25, -0.2) is 4.98 Å². The quantitative estimate of drug-likeness (QED) is 0.893. The van der Waals surface area contributed by atoms with Crippen molar-refractivity contribution < 1.29 is 9.90 Å². The van der Waals surface area contributed by atoms with Crippen molar-refractivity contribution >= 4 is 23.4 Å². The van der Waals surface area contributed by atoms with Crippen LogP contribution in [0.5, 0.6) is 0 Å². The van der Waals surface area contributed by atoms with Gasteiger partial charge in [-0.3, -0.25) is 4.79 Å². The Bertz CT molecular complexity index is 476. The summed E-state index contributed by atoms with van der Waals surface area (Å²) < 4.78 is 0. The molecule has 3 rings (SSSR count). The van der Waals surface area contributed by atoms with Crippen molar-refractivity contribution in [1.29, 1.82) is 0 Å². The van der Waals surface area contributed by atoms with Gasteiger partial charge in [0.15, 0.2) is 0 Å². The zero-order valence-electron chi connectivity index (χ0n) is 9.97. The summed E-state index contributed by atoms with van der Waals surface area (Å²) in [5.41, 5.74) is -0.554. The van der Waals surface area contributed by atoms with Gasteiger partial charge in [-0.2, -0.15) is 0 Å². The van der Waals surface area contributed by atoms with Crippen molar-refractivity contribution in [3.05, 3.63) is 23.4 Å². The van der Waals surface area contributed by atoms with E-state index in [0.717, 1.165) is 31.6 Å². The van der Waals surface area contributed by atoms with Crippen LogP contribution in [0.1, 0.15) is 19.3 Å². The van der Waals surface area contributed by atoms with Crippen LogP contribution in [0, 0.1) is 11.3 Å². The molecule has 0 radical (unpaired) electrons. The van der Waals surface area contributed by atoms with Gasteiger partial charge >= 0.3 is 5.97 Å². The van der Waals surface area contributed by atoms with Crippen molar-refractivity contribution in [2.75, 3.05) is 18.0 Å². The summed E-state index contributed by atoms with van der Waals surface area (Å²) in [6, 6.07) is 3.66. The number of anilines is 1. The number of carbonyl (C=O) groups is 1. The second-order valence-corrected chi connectivity index (χ2v) is 5.70. The molecule has 18 heavy (non-hydrogen) atoms. The Morgan fingerprint density at radius 3 is 3.00 bits per heavy atom. The van der Waals surface area contributed by atoms with E-state index in [4.69, 9.17) is 11.6 Å². The van der Waals surface area contributed by atoms with Gasteiger partial charge in [0.25, 0.3) is 0 Å². The highest BCUT2D eigenvalue weighted by Gasteiger charge is 2.55. The van der Waals surface area contributed by atoms with Gasteiger partial charge in [-0.05, 0) is 30.9 Å². The Kier molecular flexibility index (Phi) is 2.70. The summed E-state index contributed by atoms with van der Waals surface area (Å²) in [5, 5.41) is 10.1. The lowest BCUT2D eigenvalue weighted by atomic mass is 9.81. The SMILES string of the molecule is O=C(O)[C@@]12CCC[C@H]1CN(c1ccc(Cl)cn1)C2. The molecule has 2 heterocycles. The van der Waals surface area contributed by atoms with Crippen LogP contribution in [0.2, 0.25) is 5.02 Å². The minimum absolute atomic E-state index is 0.257. The van der Waals surface area contributed by atoms with E-state index in [-0.39, 0.29) is 5.92 Å². The van der Waals surface area contributed by atoms with E-state index >= 15 is 0 Å². The van der Waals surface area contributed by atoms with Gasteiger partial charge < -0.3 is 10.0 Å². The van der Waals surface area contributed by atoms with Crippen molar-refractivity contribution in [3.63, 3.8) is 0 Å². The number of hydrogen-bond donors (Lipinski definition) is 1. The first kappa shape index (κ1) is 11.8. The standard InChI is InChI=1S/C13H15ClN2O2/c14-10-3-4-11(15-6-10)16-7-9-2-1-5-13(9,8-16)12(17)18/h3-4,6,9H,1-2,5,7-8H2,(H,17,18)/t9-,13+/m0/s1. The molecule has 5 heteroatoms. The van der Waals surface area contributed by atoms with Gasteiger partial charge in [0.1, 0.15) is 5.82 Å². The van der Waals surface area contributed by atoms with Gasteiger partial charge in [0, 0.05) is 19.3 Å². The molecule has 1 aromatic rings. The van der Waals surface area contributed by atoms with Crippen LogP contribution in [-0.2, 0) is 4.79 Å². The molecule has 0 unspecified atom stereocenters. The zero-order chi connectivity index (χ0) is 12.8. The number of aliphatic carboxylic acids is 1. The number of hydrogen-bond acceptors (Lipinski definition) is 3. The fraction of sp³-hybridized carbons (Fsp3) is 0.538. The molecule has 0 bridgehead atoms. The molecule has 0 aromatic carbocycles. The van der Waals surface area contributed by atoms with Crippen molar-refractivity contribution in [3.8, 4) is 0 Å². The predicted octanol–water partition coefficient (Wildman–Crippen LogP) is 2.43. The van der Waals surface area contributed by atoms with E-state index in [1.54, 1.807) is 12.3 Å². The third-order valence-electron chi connectivity index (χ3n) is 4.33. The third-order valence-corrected chi connectivity index (χ3v) is 4.56. The van der Waals surface area contributed by atoms with E-state index in [9.17, 15) is 9.90 Å². The monoisotopic (exact) mass is 266 g/mol. The number of halogens is 1. The number of carboxylic acids is 1. The molecule has 1 aromatic heterocycles. The maximum Gasteiger partial charge on any atom is 0.311 e. The Balaban J connectivity index is 1.86. The van der Waals surface area contributed by atoms with Crippen LogP contribution in [0.25, 0.3) is 0 Å². The zero-order valence-corrected chi connectivity index (χ0v) is 10.7. The van der Waals surface area contributed by atoms with Crippen molar-refractivity contribution in [2.45, 2.75) is 19.3 Å². The van der Waals surface area contributed by atoms with E-state index in [0.29, 0.717) is 11.6 Å². The molecule has 4 nitrogen and oxygen atoms in total. The number of carboxylic acid groups (broad SMARTS) is 1. The van der Waals surface area contributed by atoms with Gasteiger partial charge in [-0.15, -0.1) is 0 Å². The fourth-order valence-corrected chi connectivity index (χ4v) is 3.48. The normalized spacial score (nSPS) is 30.5. The smallest absolute Gasteiger partial charge is 0.311 e. The number of rotatable bonds is 2. The first-order valence-electron chi connectivity index (χ1n) is 6.22. The molecule has 0 amide bonds. The van der Waals surface area contributed by atoms with Crippen LogP contribution in [0.15, 0.2) is 18.3 Å². The summed E-state index contributed by atoms with van der Waals surface area (Å²) in [6.45, 7) is 1.36. The van der Waals surface area contributed by atoms with E-state index in [1.165, 1.54) is 0 Å². The van der Waals surface area contributed by atoms with Crippen LogP contribution >= 0.6 is 11.6 Å². The molecule has 2 fully saturated rings. The molecule has 0 spiro atoms. The molecule has 1 N–H and O–H groups in total. The summed E-state index contributed by atoms with van der Waals surface area (Å²) in [7, 11) is 0. The van der Waals surface area contributed by atoms with E-state index in [2.05, 4.69) is 9.88 Å². The average Bonchev–Trinajstić information content (AvgIpc) is 2.87. The van der Waals surface area contributed by atoms with Gasteiger partial charge in [0.2, 0.25) is 0 Å². The molecule has 1 saturated heterocycles. The Hall–Kier alpha value is -1.29. The van der Waals surface area contributed by atoms with Crippen molar-refractivity contribution in [1.82, 2.24) is 4.98 Å². The first-order chi connectivity index (χ1) is 8.62. The van der Waals surface area contributed by atoms with Crippen molar-refractivity contribution in [2.24, 2.45) is 11.3 Å². The highest BCUT2D eigenvalue weighted by molar-refractivity contribution is 6.30. The largest absolute Gasteiger partial charge is 0.481 e.